The minimum absolute atomic E-state index is 0. The van der Waals surface area contributed by atoms with Gasteiger partial charge in [-0.3, -0.25) is 9.59 Å². The van der Waals surface area contributed by atoms with Gasteiger partial charge in [0.05, 0.1) is 0 Å². The second-order valence-electron chi connectivity index (χ2n) is 6.03. The third kappa shape index (κ3) is 20.1. The van der Waals surface area contributed by atoms with E-state index in [4.69, 9.17) is 5.11 Å². The van der Waals surface area contributed by atoms with E-state index in [0.717, 1.165) is 25.7 Å². The number of carboxylic acids is 1. The van der Waals surface area contributed by atoms with Crippen LogP contribution in [0.25, 0.3) is 0 Å². The summed E-state index contributed by atoms with van der Waals surface area (Å²) in [5, 5.41) is 8.51. The predicted octanol–water partition coefficient (Wildman–Crippen LogP) is 4.86. The third-order valence-electron chi connectivity index (χ3n) is 3.99. The number of carbonyl (C=O) groups excluding carboxylic acids is 1. The van der Waals surface area contributed by atoms with Crippen LogP contribution in [-0.4, -0.2) is 46.4 Å². The molecule has 3 nitrogen and oxygen atoms in total. The first-order valence-corrected chi connectivity index (χ1v) is 8.90. The van der Waals surface area contributed by atoms with Gasteiger partial charge in [0.15, 0.2) is 0 Å². The van der Waals surface area contributed by atoms with Crippen LogP contribution in [-0.2, 0) is 9.59 Å². The fourth-order valence-corrected chi connectivity index (χ4v) is 2.54. The van der Waals surface area contributed by atoms with Crippen LogP contribution in [0.15, 0.2) is 0 Å². The number of carbonyl (C=O) groups is 2. The van der Waals surface area contributed by atoms with Crippen molar-refractivity contribution in [2.75, 3.05) is 0 Å². The summed E-state index contributed by atoms with van der Waals surface area (Å²) in [5.74, 6) is -0.271. The Kier molecular flexibility index (Phi) is 21.3. The summed E-state index contributed by atoms with van der Waals surface area (Å²) >= 11 is 0. The first-order chi connectivity index (χ1) is 10.2. The molecule has 0 aliphatic rings. The Bertz CT molecular complexity index is 267. The molecule has 0 radical (unpaired) electrons. The van der Waals surface area contributed by atoms with E-state index in [1.807, 2.05) is 6.92 Å². The monoisotopic (exact) mass is 322 g/mol. The summed E-state index contributed by atoms with van der Waals surface area (Å²) in [6.45, 7) is 1.94. The maximum atomic E-state index is 11.1. The molecule has 0 aromatic heterocycles. The molecule has 0 aliphatic carbocycles. The Hall–Kier alpha value is 0.140. The van der Waals surface area contributed by atoms with Crippen LogP contribution in [0.2, 0.25) is 0 Å². The van der Waals surface area contributed by atoms with Crippen molar-refractivity contribution >= 4 is 41.3 Å². The third-order valence-corrected chi connectivity index (χ3v) is 3.99. The summed E-state index contributed by atoms with van der Waals surface area (Å²) in [6.07, 6.45) is 16.2. The van der Waals surface area contributed by atoms with Crippen LogP contribution in [0.5, 0.6) is 0 Å². The quantitative estimate of drug-likeness (QED) is 0.326. The van der Waals surface area contributed by atoms with E-state index in [9.17, 15) is 9.59 Å². The van der Waals surface area contributed by atoms with E-state index >= 15 is 0 Å². The topological polar surface area (TPSA) is 54.4 Å². The van der Waals surface area contributed by atoms with E-state index in [1.54, 1.807) is 0 Å². The van der Waals surface area contributed by atoms with Crippen LogP contribution in [0, 0.1) is 0 Å². The van der Waals surface area contributed by atoms with Crippen molar-refractivity contribution in [2.45, 2.75) is 103 Å². The molecule has 0 rings (SSSR count). The first kappa shape index (κ1) is 24.4. The van der Waals surface area contributed by atoms with Crippen molar-refractivity contribution in [2.24, 2.45) is 0 Å². The zero-order valence-electron chi connectivity index (χ0n) is 13.9. The maximum absolute atomic E-state index is 11.1. The molecule has 4 heteroatoms. The molecule has 0 heterocycles. The molecule has 1 N–H and O–H groups in total. The van der Waals surface area contributed by atoms with E-state index in [-0.39, 0.29) is 29.6 Å². The number of rotatable bonds is 16. The first-order valence-electron chi connectivity index (χ1n) is 8.90. The second-order valence-corrected chi connectivity index (χ2v) is 6.03. The van der Waals surface area contributed by atoms with Gasteiger partial charge in [-0.2, -0.15) is 0 Å². The fraction of sp³-hybridized carbons (Fsp3) is 0.889. The number of hydrogen-bond donors (Lipinski definition) is 1. The van der Waals surface area contributed by atoms with Crippen LogP contribution >= 0.6 is 0 Å². The van der Waals surface area contributed by atoms with Crippen molar-refractivity contribution < 1.29 is 14.7 Å². The molecule has 0 spiro atoms. The molecule has 0 aliphatic heterocycles. The molecule has 126 valence electrons. The van der Waals surface area contributed by atoms with E-state index in [0.29, 0.717) is 18.6 Å². The average molecular weight is 322 g/mol. The van der Waals surface area contributed by atoms with Crippen LogP contribution in [0.4, 0.5) is 0 Å². The molecule has 0 saturated heterocycles. The second kappa shape index (κ2) is 19.2. The number of carboxylic acid groups (broad SMARTS) is 1. The number of Topliss-reactive ketones (excluding diaryl/α,β-unsaturated/α-hetero) is 1. The normalized spacial score (nSPS) is 10.2. The van der Waals surface area contributed by atoms with Crippen molar-refractivity contribution in [3.8, 4) is 0 Å². The molecule has 22 heavy (non-hydrogen) atoms. The Balaban J connectivity index is 0. The Morgan fingerprint density at radius 3 is 1.27 bits per heavy atom. The van der Waals surface area contributed by atoms with Crippen molar-refractivity contribution in [3.05, 3.63) is 0 Å². The molecule has 0 atom stereocenters. The standard InChI is InChI=1S/C18H34O3.Na.H/c1-2-17(19)15-13-11-9-7-5-3-4-6-8-10-12-14-16-18(20)21;;/h2-16H2,1H3,(H,20,21);;. The molecular weight excluding hydrogens is 287 g/mol. The molecule has 0 saturated carbocycles. The summed E-state index contributed by atoms with van der Waals surface area (Å²) in [4.78, 5) is 21.5. The summed E-state index contributed by atoms with van der Waals surface area (Å²) in [6, 6.07) is 0. The Labute approximate surface area is 158 Å². The summed E-state index contributed by atoms with van der Waals surface area (Å²) in [5.41, 5.74) is 0. The molecule has 0 fully saturated rings. The van der Waals surface area contributed by atoms with Gasteiger partial charge in [0.25, 0.3) is 0 Å². The van der Waals surface area contributed by atoms with Crippen LogP contribution < -0.4 is 0 Å². The number of aliphatic carboxylic acids is 1. The predicted molar refractivity (Wildman–Crippen MR) is 94.7 cm³/mol. The fourth-order valence-electron chi connectivity index (χ4n) is 2.54. The summed E-state index contributed by atoms with van der Waals surface area (Å²) < 4.78 is 0. The van der Waals surface area contributed by atoms with Gasteiger partial charge < -0.3 is 5.11 Å². The minimum atomic E-state index is -0.672. The molecule has 0 bridgehead atoms. The zero-order valence-corrected chi connectivity index (χ0v) is 13.9. The number of ketones is 1. The van der Waals surface area contributed by atoms with Crippen LogP contribution in [0.1, 0.15) is 103 Å². The summed E-state index contributed by atoms with van der Waals surface area (Å²) in [7, 11) is 0. The molecule has 0 aromatic carbocycles. The van der Waals surface area contributed by atoms with Gasteiger partial charge in [-0.15, -0.1) is 0 Å². The van der Waals surface area contributed by atoms with Crippen molar-refractivity contribution in [1.29, 1.82) is 0 Å². The Morgan fingerprint density at radius 1 is 0.636 bits per heavy atom. The number of unbranched alkanes of at least 4 members (excludes halogenated alkanes) is 11. The SMILES string of the molecule is CCC(=O)CCCCCCCCCCCCCCC(=O)O.[NaH]. The van der Waals surface area contributed by atoms with Crippen molar-refractivity contribution in [3.63, 3.8) is 0 Å². The van der Waals surface area contributed by atoms with Gasteiger partial charge in [0, 0.05) is 19.3 Å². The average Bonchev–Trinajstić information content (AvgIpc) is 2.46. The van der Waals surface area contributed by atoms with Gasteiger partial charge in [0.1, 0.15) is 5.78 Å². The molecular formula is C18H35NaO3. The molecule has 0 amide bonds. The zero-order chi connectivity index (χ0) is 15.8. The van der Waals surface area contributed by atoms with Crippen LogP contribution in [0.3, 0.4) is 0 Å². The van der Waals surface area contributed by atoms with Gasteiger partial charge in [0.2, 0.25) is 0 Å². The Morgan fingerprint density at radius 2 is 0.955 bits per heavy atom. The van der Waals surface area contributed by atoms with E-state index in [1.165, 1.54) is 57.8 Å². The molecule has 0 unspecified atom stereocenters. The van der Waals surface area contributed by atoms with Gasteiger partial charge in [-0.25, -0.2) is 0 Å². The van der Waals surface area contributed by atoms with Gasteiger partial charge in [-0.1, -0.05) is 71.1 Å². The van der Waals surface area contributed by atoms with Gasteiger partial charge in [-0.05, 0) is 12.8 Å². The van der Waals surface area contributed by atoms with Gasteiger partial charge >= 0.3 is 35.5 Å². The van der Waals surface area contributed by atoms with E-state index in [2.05, 4.69) is 0 Å². The van der Waals surface area contributed by atoms with Crippen molar-refractivity contribution in [1.82, 2.24) is 0 Å². The number of hydrogen-bond acceptors (Lipinski definition) is 2. The molecule has 0 aromatic rings. The van der Waals surface area contributed by atoms with E-state index < -0.39 is 5.97 Å².